The van der Waals surface area contributed by atoms with E-state index in [0.717, 1.165) is 6.54 Å². The maximum absolute atomic E-state index is 3.92. The molecule has 1 aliphatic heterocycles. The number of hydrogen-bond donors (Lipinski definition) is 0. The highest BCUT2D eigenvalue weighted by atomic mass is 32.2. The van der Waals surface area contributed by atoms with E-state index in [1.807, 2.05) is 11.8 Å². The van der Waals surface area contributed by atoms with Gasteiger partial charge >= 0.3 is 0 Å². The van der Waals surface area contributed by atoms with E-state index in [4.69, 9.17) is 0 Å². The first-order valence-electron chi connectivity index (χ1n) is 3.10. The van der Waals surface area contributed by atoms with E-state index in [9.17, 15) is 0 Å². The molecule has 0 radical (unpaired) electrons. The third kappa shape index (κ3) is 1.42. The maximum atomic E-state index is 3.92. The van der Waals surface area contributed by atoms with Crippen LogP contribution in [0.4, 0.5) is 0 Å². The highest BCUT2D eigenvalue weighted by molar-refractivity contribution is 8.04. The second-order valence-corrected chi connectivity index (χ2v) is 4.89. The van der Waals surface area contributed by atoms with Gasteiger partial charge in [-0.1, -0.05) is 6.58 Å². The summed E-state index contributed by atoms with van der Waals surface area (Å²) in [7, 11) is 2.09. The van der Waals surface area contributed by atoms with Crippen molar-refractivity contribution in [3.8, 4) is 0 Å². The fourth-order valence-corrected chi connectivity index (χ4v) is 2.20. The Morgan fingerprint density at radius 2 is 2.22 bits per heavy atom. The zero-order valence-corrected chi connectivity index (χ0v) is 7.09. The van der Waals surface area contributed by atoms with Crippen LogP contribution in [-0.4, -0.2) is 23.2 Å². The topological polar surface area (TPSA) is 3.24 Å². The van der Waals surface area contributed by atoms with Gasteiger partial charge < -0.3 is 4.90 Å². The van der Waals surface area contributed by atoms with Gasteiger partial charge in [0.1, 0.15) is 0 Å². The van der Waals surface area contributed by atoms with E-state index < -0.39 is 0 Å². The van der Waals surface area contributed by atoms with Crippen molar-refractivity contribution in [2.45, 2.75) is 18.6 Å². The van der Waals surface area contributed by atoms with Crippen molar-refractivity contribution in [3.63, 3.8) is 0 Å². The second kappa shape index (κ2) is 1.94. The van der Waals surface area contributed by atoms with E-state index in [-0.39, 0.29) is 0 Å². The average Bonchev–Trinajstić information content (AvgIpc) is 1.79. The van der Waals surface area contributed by atoms with Crippen molar-refractivity contribution in [2.75, 3.05) is 13.6 Å². The zero-order chi connectivity index (χ0) is 7.07. The van der Waals surface area contributed by atoms with Gasteiger partial charge in [0.15, 0.2) is 0 Å². The summed E-state index contributed by atoms with van der Waals surface area (Å²) in [6, 6.07) is 0. The van der Waals surface area contributed by atoms with Gasteiger partial charge in [0.2, 0.25) is 0 Å². The number of hydrogen-bond acceptors (Lipinski definition) is 2. The van der Waals surface area contributed by atoms with E-state index in [1.54, 1.807) is 0 Å². The monoisotopic (exact) mass is 143 g/mol. The zero-order valence-electron chi connectivity index (χ0n) is 6.27. The van der Waals surface area contributed by atoms with Crippen LogP contribution in [0.3, 0.4) is 0 Å². The first-order chi connectivity index (χ1) is 4.01. The quantitative estimate of drug-likeness (QED) is 0.509. The summed E-state index contributed by atoms with van der Waals surface area (Å²) in [5.41, 5.74) is 0. The SMILES string of the molecule is C=C1SC(C)(C)CN1C. The molecule has 2 heteroatoms. The Morgan fingerprint density at radius 1 is 1.67 bits per heavy atom. The maximum Gasteiger partial charge on any atom is 0.0637 e. The van der Waals surface area contributed by atoms with Gasteiger partial charge in [0.25, 0.3) is 0 Å². The van der Waals surface area contributed by atoms with Crippen molar-refractivity contribution < 1.29 is 0 Å². The molecular formula is C7H13NS. The summed E-state index contributed by atoms with van der Waals surface area (Å²) in [5, 5.41) is 1.19. The van der Waals surface area contributed by atoms with Gasteiger partial charge in [-0.2, -0.15) is 0 Å². The van der Waals surface area contributed by atoms with Crippen LogP contribution in [-0.2, 0) is 0 Å². The van der Waals surface area contributed by atoms with E-state index in [2.05, 4.69) is 32.4 Å². The number of thioether (sulfide) groups is 1. The molecule has 1 fully saturated rings. The molecule has 1 aliphatic rings. The molecule has 0 N–H and O–H groups in total. The molecule has 0 unspecified atom stereocenters. The fraction of sp³-hybridized carbons (Fsp3) is 0.714. The Labute approximate surface area is 61.1 Å². The minimum Gasteiger partial charge on any atom is -0.369 e. The summed E-state index contributed by atoms with van der Waals surface area (Å²) >= 11 is 1.86. The average molecular weight is 143 g/mol. The first-order valence-corrected chi connectivity index (χ1v) is 3.92. The molecule has 0 spiro atoms. The lowest BCUT2D eigenvalue weighted by Gasteiger charge is -2.14. The van der Waals surface area contributed by atoms with Crippen LogP contribution in [0.2, 0.25) is 0 Å². The van der Waals surface area contributed by atoms with Crippen LogP contribution in [0.15, 0.2) is 11.6 Å². The van der Waals surface area contributed by atoms with Gasteiger partial charge in [0, 0.05) is 18.3 Å². The van der Waals surface area contributed by atoms with E-state index in [1.165, 1.54) is 5.03 Å². The molecule has 1 saturated heterocycles. The minimum absolute atomic E-state index is 0.381. The van der Waals surface area contributed by atoms with Crippen molar-refractivity contribution in [1.29, 1.82) is 0 Å². The lowest BCUT2D eigenvalue weighted by Crippen LogP contribution is -2.22. The molecule has 1 nitrogen and oxygen atoms in total. The number of rotatable bonds is 0. The molecule has 0 bridgehead atoms. The fourth-order valence-electron chi connectivity index (χ4n) is 1.09. The van der Waals surface area contributed by atoms with Crippen LogP contribution in [0.25, 0.3) is 0 Å². The molecule has 0 aromatic heterocycles. The highest BCUT2D eigenvalue weighted by Crippen LogP contribution is 2.39. The van der Waals surface area contributed by atoms with Crippen molar-refractivity contribution in [3.05, 3.63) is 11.6 Å². The Balaban J connectivity index is 2.65. The van der Waals surface area contributed by atoms with Gasteiger partial charge in [-0.25, -0.2) is 0 Å². The summed E-state index contributed by atoms with van der Waals surface area (Å²) in [6.45, 7) is 9.53. The Hall–Kier alpha value is -0.110. The van der Waals surface area contributed by atoms with E-state index >= 15 is 0 Å². The molecular weight excluding hydrogens is 130 g/mol. The first kappa shape index (κ1) is 7.00. The van der Waals surface area contributed by atoms with Gasteiger partial charge in [0.05, 0.1) is 5.03 Å². The molecule has 9 heavy (non-hydrogen) atoms. The Kier molecular flexibility index (Phi) is 1.51. The van der Waals surface area contributed by atoms with E-state index in [0.29, 0.717) is 4.75 Å². The third-order valence-electron chi connectivity index (χ3n) is 1.44. The van der Waals surface area contributed by atoms with Crippen molar-refractivity contribution >= 4 is 11.8 Å². The normalized spacial score (nSPS) is 25.2. The highest BCUT2D eigenvalue weighted by Gasteiger charge is 2.29. The molecule has 0 aromatic carbocycles. The molecule has 52 valence electrons. The standard InChI is InChI=1S/C7H13NS/c1-6-8(4)5-7(2,3)9-6/h1,5H2,2-4H3. The third-order valence-corrected chi connectivity index (χ3v) is 2.67. The van der Waals surface area contributed by atoms with Crippen LogP contribution in [0.1, 0.15) is 13.8 Å². The molecule has 0 saturated carbocycles. The number of nitrogens with zero attached hydrogens (tertiary/aromatic N) is 1. The van der Waals surface area contributed by atoms with Gasteiger partial charge in [-0.3, -0.25) is 0 Å². The van der Waals surface area contributed by atoms with Crippen LogP contribution in [0, 0.1) is 0 Å². The summed E-state index contributed by atoms with van der Waals surface area (Å²) < 4.78 is 0.381. The second-order valence-electron chi connectivity index (χ2n) is 3.11. The predicted octanol–water partition coefficient (Wildman–Crippen LogP) is 1.91. The molecule has 0 aromatic rings. The predicted molar refractivity (Wildman–Crippen MR) is 43.4 cm³/mol. The molecule has 0 aliphatic carbocycles. The molecule has 1 heterocycles. The Morgan fingerprint density at radius 3 is 2.33 bits per heavy atom. The van der Waals surface area contributed by atoms with Gasteiger partial charge in [-0.15, -0.1) is 11.8 Å². The van der Waals surface area contributed by atoms with Crippen molar-refractivity contribution in [1.82, 2.24) is 4.90 Å². The largest absolute Gasteiger partial charge is 0.369 e. The Bertz CT molecular complexity index is 140. The smallest absolute Gasteiger partial charge is 0.0637 e. The van der Waals surface area contributed by atoms with Gasteiger partial charge in [-0.05, 0) is 13.8 Å². The summed E-state index contributed by atoms with van der Waals surface area (Å²) in [5.74, 6) is 0. The lowest BCUT2D eigenvalue weighted by atomic mass is 10.2. The van der Waals surface area contributed by atoms with Crippen molar-refractivity contribution in [2.24, 2.45) is 0 Å². The molecule has 0 atom stereocenters. The molecule has 0 amide bonds. The molecule has 1 rings (SSSR count). The van der Waals surface area contributed by atoms with Crippen LogP contribution >= 0.6 is 11.8 Å². The summed E-state index contributed by atoms with van der Waals surface area (Å²) in [6.07, 6.45) is 0. The van der Waals surface area contributed by atoms with Crippen LogP contribution in [0.5, 0.6) is 0 Å². The minimum atomic E-state index is 0.381. The summed E-state index contributed by atoms with van der Waals surface area (Å²) in [4.78, 5) is 2.20. The van der Waals surface area contributed by atoms with Crippen LogP contribution < -0.4 is 0 Å². The lowest BCUT2D eigenvalue weighted by molar-refractivity contribution is 0.430.